The van der Waals surface area contributed by atoms with Crippen molar-refractivity contribution >= 4 is 27.3 Å². The van der Waals surface area contributed by atoms with Crippen LogP contribution in [0.15, 0.2) is 39.5 Å². The molecule has 90 valence electrons. The second kappa shape index (κ2) is 5.80. The third kappa shape index (κ3) is 2.97. The monoisotopic (exact) mass is 309 g/mol. The summed E-state index contributed by atoms with van der Waals surface area (Å²) >= 11 is 5.26. The van der Waals surface area contributed by atoms with E-state index in [1.54, 1.807) is 11.3 Å². The molecule has 0 bridgehead atoms. The van der Waals surface area contributed by atoms with Crippen molar-refractivity contribution in [3.05, 3.63) is 56.2 Å². The zero-order valence-electron chi connectivity index (χ0n) is 10.0. The largest absolute Gasteiger partial charge is 0.306 e. The van der Waals surface area contributed by atoms with Crippen LogP contribution in [0.2, 0.25) is 0 Å². The van der Waals surface area contributed by atoms with Gasteiger partial charge in [0.15, 0.2) is 0 Å². The van der Waals surface area contributed by atoms with Crippen molar-refractivity contribution in [3.8, 4) is 0 Å². The van der Waals surface area contributed by atoms with Crippen LogP contribution in [0, 0.1) is 6.92 Å². The van der Waals surface area contributed by atoms with Crippen LogP contribution in [0.25, 0.3) is 0 Å². The predicted molar refractivity (Wildman–Crippen MR) is 78.7 cm³/mol. The van der Waals surface area contributed by atoms with Crippen LogP contribution in [0.1, 0.15) is 29.7 Å². The van der Waals surface area contributed by atoms with Gasteiger partial charge in [0, 0.05) is 4.47 Å². The predicted octanol–water partition coefficient (Wildman–Crippen LogP) is 4.52. The van der Waals surface area contributed by atoms with Crippen LogP contribution in [0.3, 0.4) is 0 Å². The van der Waals surface area contributed by atoms with Gasteiger partial charge < -0.3 is 5.32 Å². The molecule has 0 fully saturated rings. The minimum absolute atomic E-state index is 0.305. The molecule has 0 amide bonds. The summed E-state index contributed by atoms with van der Waals surface area (Å²) in [5.41, 5.74) is 4.02. The standard InChI is InChI=1S/C14H16BrNS/c1-3-16-14(11-6-7-17-9-11)13-5-4-12(15)8-10(13)2/h4-9,14,16H,3H2,1-2H3. The van der Waals surface area contributed by atoms with E-state index in [-0.39, 0.29) is 0 Å². The topological polar surface area (TPSA) is 12.0 Å². The summed E-state index contributed by atoms with van der Waals surface area (Å²) in [7, 11) is 0. The number of nitrogens with one attached hydrogen (secondary N) is 1. The van der Waals surface area contributed by atoms with E-state index >= 15 is 0 Å². The van der Waals surface area contributed by atoms with Crippen molar-refractivity contribution in [1.82, 2.24) is 5.32 Å². The Hall–Kier alpha value is -0.640. The molecule has 0 saturated heterocycles. The first-order valence-corrected chi connectivity index (χ1v) is 7.47. The highest BCUT2D eigenvalue weighted by atomic mass is 79.9. The minimum atomic E-state index is 0.305. The van der Waals surface area contributed by atoms with Gasteiger partial charge in [-0.15, -0.1) is 0 Å². The second-order valence-corrected chi connectivity index (χ2v) is 5.74. The summed E-state index contributed by atoms with van der Waals surface area (Å²) in [4.78, 5) is 0. The van der Waals surface area contributed by atoms with Gasteiger partial charge in [0.05, 0.1) is 6.04 Å². The maximum atomic E-state index is 3.55. The van der Waals surface area contributed by atoms with Crippen molar-refractivity contribution in [2.75, 3.05) is 6.54 Å². The van der Waals surface area contributed by atoms with E-state index in [4.69, 9.17) is 0 Å². The number of rotatable bonds is 4. The average molecular weight is 310 g/mol. The lowest BCUT2D eigenvalue weighted by Crippen LogP contribution is -2.22. The fourth-order valence-corrected chi connectivity index (χ4v) is 3.18. The van der Waals surface area contributed by atoms with E-state index in [1.807, 2.05) is 0 Å². The van der Waals surface area contributed by atoms with E-state index in [0.29, 0.717) is 6.04 Å². The Bertz CT molecular complexity index is 479. The molecule has 0 aliphatic carbocycles. The summed E-state index contributed by atoms with van der Waals surface area (Å²) in [6.07, 6.45) is 0. The number of halogens is 1. The molecule has 3 heteroatoms. The Labute approximate surface area is 115 Å². The summed E-state index contributed by atoms with van der Waals surface area (Å²) in [6, 6.07) is 8.98. The van der Waals surface area contributed by atoms with Crippen LogP contribution in [0.5, 0.6) is 0 Å². The molecule has 2 aromatic rings. The van der Waals surface area contributed by atoms with E-state index in [0.717, 1.165) is 11.0 Å². The molecule has 1 aromatic heterocycles. The quantitative estimate of drug-likeness (QED) is 0.875. The van der Waals surface area contributed by atoms with Crippen molar-refractivity contribution in [1.29, 1.82) is 0 Å². The van der Waals surface area contributed by atoms with Gasteiger partial charge >= 0.3 is 0 Å². The van der Waals surface area contributed by atoms with E-state index in [2.05, 4.69) is 70.1 Å². The summed E-state index contributed by atoms with van der Waals surface area (Å²) in [5, 5.41) is 7.90. The van der Waals surface area contributed by atoms with Gasteiger partial charge in [0.2, 0.25) is 0 Å². The fourth-order valence-electron chi connectivity index (χ4n) is 2.01. The third-order valence-corrected chi connectivity index (χ3v) is 4.02. The summed E-state index contributed by atoms with van der Waals surface area (Å²) in [6.45, 7) is 5.28. The molecule has 1 nitrogen and oxygen atoms in total. The Morgan fingerprint density at radius 3 is 2.76 bits per heavy atom. The van der Waals surface area contributed by atoms with Crippen LogP contribution in [-0.2, 0) is 0 Å². The second-order valence-electron chi connectivity index (χ2n) is 4.05. The van der Waals surface area contributed by atoms with Crippen molar-refractivity contribution < 1.29 is 0 Å². The number of hydrogen-bond acceptors (Lipinski definition) is 2. The van der Waals surface area contributed by atoms with Gasteiger partial charge in [-0.25, -0.2) is 0 Å². The van der Waals surface area contributed by atoms with Crippen LogP contribution in [-0.4, -0.2) is 6.54 Å². The molecule has 1 atom stereocenters. The lowest BCUT2D eigenvalue weighted by atomic mass is 9.97. The smallest absolute Gasteiger partial charge is 0.0587 e. The summed E-state index contributed by atoms with van der Waals surface area (Å²) in [5.74, 6) is 0. The third-order valence-electron chi connectivity index (χ3n) is 2.83. The highest BCUT2D eigenvalue weighted by Gasteiger charge is 2.15. The molecule has 1 aromatic carbocycles. The van der Waals surface area contributed by atoms with E-state index in [1.165, 1.54) is 16.7 Å². The van der Waals surface area contributed by atoms with Crippen LogP contribution >= 0.6 is 27.3 Å². The number of thiophene rings is 1. The van der Waals surface area contributed by atoms with Crippen LogP contribution in [0.4, 0.5) is 0 Å². The fraction of sp³-hybridized carbons (Fsp3) is 0.286. The molecule has 0 aliphatic rings. The molecule has 1 N–H and O–H groups in total. The number of aryl methyl sites for hydroxylation is 1. The molecule has 0 aliphatic heterocycles. The van der Waals surface area contributed by atoms with Crippen molar-refractivity contribution in [3.63, 3.8) is 0 Å². The number of hydrogen-bond donors (Lipinski definition) is 1. The lowest BCUT2D eigenvalue weighted by Gasteiger charge is -2.19. The molecule has 1 unspecified atom stereocenters. The first-order chi connectivity index (χ1) is 8.22. The lowest BCUT2D eigenvalue weighted by molar-refractivity contribution is 0.629. The molecule has 0 saturated carbocycles. The van der Waals surface area contributed by atoms with E-state index < -0.39 is 0 Å². The highest BCUT2D eigenvalue weighted by Crippen LogP contribution is 2.28. The zero-order chi connectivity index (χ0) is 12.3. The van der Waals surface area contributed by atoms with Gasteiger partial charge in [-0.2, -0.15) is 11.3 Å². The Morgan fingerprint density at radius 1 is 1.35 bits per heavy atom. The first-order valence-electron chi connectivity index (χ1n) is 5.74. The molecular formula is C14H16BrNS. The van der Waals surface area contributed by atoms with Gasteiger partial charge in [0.25, 0.3) is 0 Å². The average Bonchev–Trinajstić information content (AvgIpc) is 2.80. The minimum Gasteiger partial charge on any atom is -0.306 e. The Kier molecular flexibility index (Phi) is 4.37. The van der Waals surface area contributed by atoms with Crippen LogP contribution < -0.4 is 5.32 Å². The molecule has 2 rings (SSSR count). The molecule has 17 heavy (non-hydrogen) atoms. The number of benzene rings is 1. The van der Waals surface area contributed by atoms with Crippen molar-refractivity contribution in [2.24, 2.45) is 0 Å². The Morgan fingerprint density at radius 2 is 2.18 bits per heavy atom. The highest BCUT2D eigenvalue weighted by molar-refractivity contribution is 9.10. The van der Waals surface area contributed by atoms with Gasteiger partial charge in [-0.3, -0.25) is 0 Å². The Balaban J connectivity index is 2.39. The molecule has 0 radical (unpaired) electrons. The molecular weight excluding hydrogens is 294 g/mol. The van der Waals surface area contributed by atoms with Gasteiger partial charge in [-0.1, -0.05) is 28.9 Å². The SMILES string of the molecule is CCNC(c1ccsc1)c1ccc(Br)cc1C. The van der Waals surface area contributed by atoms with Gasteiger partial charge in [-0.05, 0) is 59.1 Å². The normalized spacial score (nSPS) is 12.6. The van der Waals surface area contributed by atoms with Gasteiger partial charge in [0.1, 0.15) is 0 Å². The maximum Gasteiger partial charge on any atom is 0.0587 e. The maximum absolute atomic E-state index is 3.55. The van der Waals surface area contributed by atoms with Crippen molar-refractivity contribution in [2.45, 2.75) is 19.9 Å². The summed E-state index contributed by atoms with van der Waals surface area (Å²) < 4.78 is 1.14. The molecule has 0 spiro atoms. The molecule has 1 heterocycles. The first kappa shape index (κ1) is 12.8. The van der Waals surface area contributed by atoms with E-state index in [9.17, 15) is 0 Å². The zero-order valence-corrected chi connectivity index (χ0v) is 12.4.